The van der Waals surface area contributed by atoms with E-state index in [1.165, 1.54) is 43.5 Å². The maximum Gasteiger partial charge on any atom is 0.387 e. The van der Waals surface area contributed by atoms with Gasteiger partial charge in [-0.2, -0.15) is 13.5 Å². The number of carbonyl (C=O) groups excluding carboxylic acids is 1. The second kappa shape index (κ2) is 10.6. The number of hydrogen-bond donors (Lipinski definition) is 2. The van der Waals surface area contributed by atoms with Crippen LogP contribution in [0.3, 0.4) is 0 Å². The van der Waals surface area contributed by atoms with E-state index in [1.807, 2.05) is 0 Å². The summed E-state index contributed by atoms with van der Waals surface area (Å²) in [5.74, 6) is 1.75. The number of amides is 1. The third-order valence-corrected chi connectivity index (χ3v) is 5.31. The molecule has 2 aromatic carbocycles. The molecule has 0 heterocycles. The minimum absolute atomic E-state index is 0.0886. The third-order valence-electron chi connectivity index (χ3n) is 3.91. The Labute approximate surface area is 173 Å². The molecule has 0 radical (unpaired) electrons. The third kappa shape index (κ3) is 6.43. The first-order valence-electron chi connectivity index (χ1n) is 8.70. The van der Waals surface area contributed by atoms with Crippen molar-refractivity contribution < 1.29 is 31.5 Å². The zero-order chi connectivity index (χ0) is 22.1. The second-order valence-corrected chi connectivity index (χ2v) is 7.69. The number of halogens is 2. The van der Waals surface area contributed by atoms with E-state index in [0.29, 0.717) is 12.0 Å². The van der Waals surface area contributed by atoms with E-state index in [2.05, 4.69) is 20.7 Å². The van der Waals surface area contributed by atoms with Crippen LogP contribution in [-0.4, -0.2) is 41.1 Å². The van der Waals surface area contributed by atoms with Gasteiger partial charge in [-0.15, -0.1) is 6.42 Å². The van der Waals surface area contributed by atoms with Gasteiger partial charge in [-0.05, 0) is 42.3 Å². The van der Waals surface area contributed by atoms with Gasteiger partial charge in [0.1, 0.15) is 0 Å². The highest BCUT2D eigenvalue weighted by atomic mass is 32.2. The Bertz CT molecular complexity index is 1040. The topological polar surface area (TPSA) is 93.7 Å². The van der Waals surface area contributed by atoms with Gasteiger partial charge in [-0.25, -0.2) is 8.42 Å². The minimum Gasteiger partial charge on any atom is -0.493 e. The summed E-state index contributed by atoms with van der Waals surface area (Å²) in [6.07, 6.45) is 5.38. The van der Waals surface area contributed by atoms with Crippen LogP contribution in [0, 0.1) is 12.3 Å². The molecule has 0 fully saturated rings. The number of rotatable bonds is 10. The number of terminal acetylenes is 1. The maximum absolute atomic E-state index is 12.5. The molecule has 2 rings (SSSR count). The highest BCUT2D eigenvalue weighted by Crippen LogP contribution is 2.29. The predicted octanol–water partition coefficient (Wildman–Crippen LogP) is 2.18. The van der Waals surface area contributed by atoms with Crippen LogP contribution < -0.4 is 19.5 Å². The van der Waals surface area contributed by atoms with E-state index >= 15 is 0 Å². The first kappa shape index (κ1) is 23.1. The number of carbonyl (C=O) groups is 1. The first-order valence-corrected chi connectivity index (χ1v) is 10.2. The molecule has 30 heavy (non-hydrogen) atoms. The van der Waals surface area contributed by atoms with Crippen molar-refractivity contribution >= 4 is 15.9 Å². The molecule has 0 unspecified atom stereocenters. The Morgan fingerprint density at radius 2 is 1.97 bits per heavy atom. The fourth-order valence-electron chi connectivity index (χ4n) is 2.51. The quantitative estimate of drug-likeness (QED) is 0.555. The van der Waals surface area contributed by atoms with Crippen LogP contribution in [-0.2, 0) is 16.4 Å². The average molecular weight is 438 g/mol. The van der Waals surface area contributed by atoms with Gasteiger partial charge in [-0.3, -0.25) is 4.79 Å². The number of ether oxygens (including phenoxy) is 2. The normalized spacial score (nSPS) is 11.0. The second-order valence-electron chi connectivity index (χ2n) is 5.93. The summed E-state index contributed by atoms with van der Waals surface area (Å²) in [4.78, 5) is 12.2. The van der Waals surface area contributed by atoms with Crippen LogP contribution in [0.25, 0.3) is 0 Å². The average Bonchev–Trinajstić information content (AvgIpc) is 2.72. The molecule has 0 aliphatic carbocycles. The molecule has 0 saturated carbocycles. The van der Waals surface area contributed by atoms with Crippen LogP contribution in [0.4, 0.5) is 8.78 Å². The van der Waals surface area contributed by atoms with E-state index in [9.17, 15) is 22.0 Å². The molecule has 0 bridgehead atoms. The number of benzene rings is 2. The summed E-state index contributed by atoms with van der Waals surface area (Å²) in [6.45, 7) is -2.98. The molecular weight excluding hydrogens is 418 g/mol. The highest BCUT2D eigenvalue weighted by molar-refractivity contribution is 7.89. The summed E-state index contributed by atoms with van der Waals surface area (Å²) in [5.41, 5.74) is 0.789. The summed E-state index contributed by atoms with van der Waals surface area (Å²) in [7, 11) is -2.49. The number of alkyl halides is 2. The van der Waals surface area contributed by atoms with Gasteiger partial charge in [0.15, 0.2) is 11.5 Å². The van der Waals surface area contributed by atoms with Crippen LogP contribution in [0.2, 0.25) is 0 Å². The predicted molar refractivity (Wildman–Crippen MR) is 106 cm³/mol. The zero-order valence-electron chi connectivity index (χ0n) is 16.0. The van der Waals surface area contributed by atoms with Crippen molar-refractivity contribution in [2.24, 2.45) is 0 Å². The number of nitrogens with one attached hydrogen (secondary N) is 2. The Kier molecular flexibility index (Phi) is 8.15. The molecule has 10 heteroatoms. The zero-order valence-corrected chi connectivity index (χ0v) is 16.8. The largest absolute Gasteiger partial charge is 0.493 e. The summed E-state index contributed by atoms with van der Waals surface area (Å²) in [6, 6.07) is 10.0. The molecule has 0 atom stereocenters. The first-order chi connectivity index (χ1) is 14.3. The van der Waals surface area contributed by atoms with Gasteiger partial charge in [-0.1, -0.05) is 18.1 Å². The van der Waals surface area contributed by atoms with E-state index < -0.39 is 22.5 Å². The fourth-order valence-corrected chi connectivity index (χ4v) is 3.49. The van der Waals surface area contributed by atoms with Gasteiger partial charge in [0.2, 0.25) is 10.0 Å². The number of methoxy groups -OCH3 is 1. The van der Waals surface area contributed by atoms with Crippen molar-refractivity contribution in [1.82, 2.24) is 10.0 Å². The van der Waals surface area contributed by atoms with Crippen molar-refractivity contribution in [3.05, 3.63) is 53.6 Å². The Morgan fingerprint density at radius 1 is 1.20 bits per heavy atom. The standard InChI is InChI=1S/C20H20F2N2O5S/c1-3-10-24-30(26,27)16-6-4-5-15(13-16)19(25)23-11-9-14-7-8-17(28-2)18(12-14)29-20(21)22/h1,4-8,12-13,20,24H,9-11H2,2H3,(H,23,25). The van der Waals surface area contributed by atoms with E-state index in [1.54, 1.807) is 6.07 Å². The molecular formula is C20H20F2N2O5S. The van der Waals surface area contributed by atoms with Crippen molar-refractivity contribution in [1.29, 1.82) is 0 Å². The lowest BCUT2D eigenvalue weighted by Crippen LogP contribution is -2.27. The highest BCUT2D eigenvalue weighted by Gasteiger charge is 2.16. The van der Waals surface area contributed by atoms with Crippen LogP contribution in [0.15, 0.2) is 47.4 Å². The summed E-state index contributed by atoms with van der Waals surface area (Å²) < 4.78 is 60.8. The molecule has 2 aromatic rings. The van der Waals surface area contributed by atoms with Gasteiger partial charge < -0.3 is 14.8 Å². The van der Waals surface area contributed by atoms with Gasteiger partial charge in [0, 0.05) is 12.1 Å². The molecule has 160 valence electrons. The molecule has 7 nitrogen and oxygen atoms in total. The SMILES string of the molecule is C#CCNS(=O)(=O)c1cccc(C(=O)NCCc2ccc(OC)c(OC(F)F)c2)c1. The van der Waals surface area contributed by atoms with Crippen LogP contribution in [0.1, 0.15) is 15.9 Å². The lowest BCUT2D eigenvalue weighted by molar-refractivity contribution is -0.0512. The monoisotopic (exact) mass is 438 g/mol. The fraction of sp³-hybridized carbons (Fsp3) is 0.250. The molecule has 0 spiro atoms. The maximum atomic E-state index is 12.5. The lowest BCUT2D eigenvalue weighted by Gasteiger charge is -2.12. The van der Waals surface area contributed by atoms with Crippen molar-refractivity contribution in [2.75, 3.05) is 20.2 Å². The lowest BCUT2D eigenvalue weighted by atomic mass is 10.1. The molecule has 0 aliphatic heterocycles. The van der Waals surface area contributed by atoms with Gasteiger partial charge in [0.05, 0.1) is 18.6 Å². The Hall–Kier alpha value is -3.16. The van der Waals surface area contributed by atoms with E-state index in [0.717, 1.165) is 0 Å². The van der Waals surface area contributed by atoms with Crippen molar-refractivity contribution in [3.63, 3.8) is 0 Å². The van der Waals surface area contributed by atoms with E-state index in [-0.39, 0.29) is 35.0 Å². The van der Waals surface area contributed by atoms with Crippen LogP contribution >= 0.6 is 0 Å². The molecule has 0 aromatic heterocycles. The Balaban J connectivity index is 2.02. The molecule has 2 N–H and O–H groups in total. The summed E-state index contributed by atoms with van der Waals surface area (Å²) >= 11 is 0. The minimum atomic E-state index is -3.82. The molecule has 0 saturated heterocycles. The van der Waals surface area contributed by atoms with Crippen molar-refractivity contribution in [3.8, 4) is 23.8 Å². The number of sulfonamides is 1. The molecule has 1 amide bonds. The number of hydrogen-bond acceptors (Lipinski definition) is 5. The van der Waals surface area contributed by atoms with Gasteiger partial charge >= 0.3 is 6.61 Å². The van der Waals surface area contributed by atoms with Crippen molar-refractivity contribution in [2.45, 2.75) is 17.9 Å². The van der Waals surface area contributed by atoms with Gasteiger partial charge in [0.25, 0.3) is 5.91 Å². The molecule has 0 aliphatic rings. The van der Waals surface area contributed by atoms with E-state index in [4.69, 9.17) is 11.2 Å². The smallest absolute Gasteiger partial charge is 0.387 e. The van der Waals surface area contributed by atoms with Crippen LogP contribution in [0.5, 0.6) is 11.5 Å². The Morgan fingerprint density at radius 3 is 2.63 bits per heavy atom. The summed E-state index contributed by atoms with van der Waals surface area (Å²) in [5, 5.41) is 2.65.